The summed E-state index contributed by atoms with van der Waals surface area (Å²) < 4.78 is 13.0. The molecule has 0 saturated carbocycles. The highest BCUT2D eigenvalue weighted by molar-refractivity contribution is 5.91. The highest BCUT2D eigenvalue weighted by Crippen LogP contribution is 2.34. The van der Waals surface area contributed by atoms with Crippen LogP contribution in [0.4, 0.5) is 0 Å². The Morgan fingerprint density at radius 2 is 1.96 bits per heavy atom. The van der Waals surface area contributed by atoms with Crippen molar-refractivity contribution in [3.63, 3.8) is 0 Å². The maximum absolute atomic E-state index is 12.2. The number of carbonyl (C=O) groups is 1. The second-order valence-electron chi connectivity index (χ2n) is 7.65. The van der Waals surface area contributed by atoms with E-state index in [2.05, 4.69) is 6.07 Å². The van der Waals surface area contributed by atoms with Crippen molar-refractivity contribution in [3.8, 4) is 17.5 Å². The molecule has 1 aliphatic rings. The van der Waals surface area contributed by atoms with Crippen LogP contribution < -0.4 is 4.74 Å². The molecular weight excluding hydrogens is 340 g/mol. The van der Waals surface area contributed by atoms with E-state index in [9.17, 15) is 10.1 Å². The van der Waals surface area contributed by atoms with E-state index in [4.69, 9.17) is 9.47 Å². The minimum Gasteiger partial charge on any atom is -0.493 e. The Bertz CT molecular complexity index is 1080. The summed E-state index contributed by atoms with van der Waals surface area (Å²) in [6.45, 7) is 6.20. The molecule has 0 radical (unpaired) electrons. The van der Waals surface area contributed by atoms with Gasteiger partial charge in [-0.1, -0.05) is 0 Å². The van der Waals surface area contributed by atoms with Crippen LogP contribution >= 0.6 is 0 Å². The lowest BCUT2D eigenvalue weighted by Gasteiger charge is -2.19. The number of benzene rings is 2. The number of hydrogen-bond acceptors (Lipinski definition) is 4. The fourth-order valence-electron chi connectivity index (χ4n) is 3.30. The van der Waals surface area contributed by atoms with Crippen LogP contribution in [-0.4, -0.2) is 22.7 Å². The number of aromatic nitrogens is 1. The SMILES string of the molecule is CC(C)(C)OC(=O)c1ccc(-n2cc(C#N)c3cc4c(cc32)OCC4)cc1. The van der Waals surface area contributed by atoms with Gasteiger partial charge in [0, 0.05) is 29.8 Å². The lowest BCUT2D eigenvalue weighted by atomic mass is 10.1. The van der Waals surface area contributed by atoms with E-state index in [1.807, 2.05) is 55.8 Å². The van der Waals surface area contributed by atoms with Gasteiger partial charge < -0.3 is 14.0 Å². The van der Waals surface area contributed by atoms with Crippen LogP contribution in [0.1, 0.15) is 42.3 Å². The van der Waals surface area contributed by atoms with Crippen molar-refractivity contribution in [1.82, 2.24) is 4.57 Å². The lowest BCUT2D eigenvalue weighted by molar-refractivity contribution is 0.00695. The molecule has 27 heavy (non-hydrogen) atoms. The first kappa shape index (κ1) is 17.2. The van der Waals surface area contributed by atoms with Crippen LogP contribution in [0, 0.1) is 11.3 Å². The molecule has 3 aromatic rings. The average Bonchev–Trinajstić information content (AvgIpc) is 3.22. The van der Waals surface area contributed by atoms with Gasteiger partial charge in [-0.15, -0.1) is 0 Å². The second-order valence-corrected chi connectivity index (χ2v) is 7.65. The highest BCUT2D eigenvalue weighted by Gasteiger charge is 2.20. The molecule has 0 atom stereocenters. The van der Waals surface area contributed by atoms with E-state index in [1.165, 1.54) is 0 Å². The van der Waals surface area contributed by atoms with Gasteiger partial charge in [-0.3, -0.25) is 0 Å². The Hall–Kier alpha value is -3.26. The van der Waals surface area contributed by atoms with Crippen molar-refractivity contribution in [1.29, 1.82) is 5.26 Å². The molecule has 2 aromatic carbocycles. The fraction of sp³-hybridized carbons (Fsp3) is 0.273. The molecule has 4 rings (SSSR count). The third-order valence-electron chi connectivity index (χ3n) is 4.52. The zero-order chi connectivity index (χ0) is 19.2. The van der Waals surface area contributed by atoms with Crippen molar-refractivity contribution in [2.45, 2.75) is 32.8 Å². The van der Waals surface area contributed by atoms with Crippen molar-refractivity contribution in [3.05, 3.63) is 59.3 Å². The zero-order valence-electron chi connectivity index (χ0n) is 15.6. The van der Waals surface area contributed by atoms with Gasteiger partial charge in [0.1, 0.15) is 17.4 Å². The molecule has 0 unspecified atom stereocenters. The average molecular weight is 360 g/mol. The van der Waals surface area contributed by atoms with Gasteiger partial charge in [0.15, 0.2) is 0 Å². The summed E-state index contributed by atoms with van der Waals surface area (Å²) >= 11 is 0. The van der Waals surface area contributed by atoms with Crippen molar-refractivity contribution in [2.24, 2.45) is 0 Å². The summed E-state index contributed by atoms with van der Waals surface area (Å²) in [5.74, 6) is 0.520. The van der Waals surface area contributed by atoms with Gasteiger partial charge >= 0.3 is 5.97 Å². The summed E-state index contributed by atoms with van der Waals surface area (Å²) in [5.41, 5.74) is 3.50. The number of carbonyl (C=O) groups excluding carboxylic acids is 1. The highest BCUT2D eigenvalue weighted by atomic mass is 16.6. The number of ether oxygens (including phenoxy) is 2. The Kier molecular flexibility index (Phi) is 3.92. The minimum atomic E-state index is -0.533. The Balaban J connectivity index is 1.74. The van der Waals surface area contributed by atoms with E-state index in [-0.39, 0.29) is 5.97 Å². The van der Waals surface area contributed by atoms with Crippen molar-refractivity contribution < 1.29 is 14.3 Å². The summed E-state index contributed by atoms with van der Waals surface area (Å²) in [6.07, 6.45) is 2.69. The van der Waals surface area contributed by atoms with E-state index in [0.29, 0.717) is 17.7 Å². The summed E-state index contributed by atoms with van der Waals surface area (Å²) in [4.78, 5) is 12.2. The zero-order valence-corrected chi connectivity index (χ0v) is 15.6. The fourth-order valence-corrected chi connectivity index (χ4v) is 3.30. The summed E-state index contributed by atoms with van der Waals surface area (Å²) in [7, 11) is 0. The largest absolute Gasteiger partial charge is 0.493 e. The molecule has 5 nitrogen and oxygen atoms in total. The van der Waals surface area contributed by atoms with Crippen LogP contribution in [0.25, 0.3) is 16.6 Å². The molecule has 5 heteroatoms. The predicted octanol–water partition coefficient (Wildman–Crippen LogP) is 4.39. The third-order valence-corrected chi connectivity index (χ3v) is 4.52. The van der Waals surface area contributed by atoms with Gasteiger partial charge in [-0.05, 0) is 56.7 Å². The molecule has 1 aliphatic heterocycles. The molecule has 0 amide bonds. The third kappa shape index (κ3) is 3.15. The van der Waals surface area contributed by atoms with Crippen LogP contribution in [0.5, 0.6) is 5.75 Å². The summed E-state index contributed by atoms with van der Waals surface area (Å²) in [6, 6.07) is 13.5. The van der Waals surface area contributed by atoms with Crippen LogP contribution in [0.2, 0.25) is 0 Å². The van der Waals surface area contributed by atoms with E-state index >= 15 is 0 Å². The van der Waals surface area contributed by atoms with Gasteiger partial charge in [-0.25, -0.2) is 4.79 Å². The maximum Gasteiger partial charge on any atom is 0.338 e. The van der Waals surface area contributed by atoms with Gasteiger partial charge in [0.05, 0.1) is 23.3 Å². The normalized spacial score (nSPS) is 13.1. The number of rotatable bonds is 2. The molecule has 0 fully saturated rings. The van der Waals surface area contributed by atoms with Gasteiger partial charge in [-0.2, -0.15) is 5.26 Å². The molecule has 0 saturated heterocycles. The smallest absolute Gasteiger partial charge is 0.338 e. The standard InChI is InChI=1S/C22H20N2O3/c1-22(2,3)27-21(25)14-4-6-17(7-5-14)24-13-16(12-23)18-10-15-8-9-26-20(15)11-19(18)24/h4-7,10-11,13H,8-9H2,1-3H3. The monoisotopic (exact) mass is 360 g/mol. The van der Waals surface area contributed by atoms with E-state index in [0.717, 1.165) is 34.3 Å². The lowest BCUT2D eigenvalue weighted by Crippen LogP contribution is -2.23. The van der Waals surface area contributed by atoms with E-state index < -0.39 is 5.60 Å². The molecular formula is C22H20N2O3. The summed E-state index contributed by atoms with van der Waals surface area (Å²) in [5, 5.41) is 10.4. The number of nitriles is 1. The first-order valence-corrected chi connectivity index (χ1v) is 8.90. The Morgan fingerprint density at radius 3 is 2.63 bits per heavy atom. The second kappa shape index (κ2) is 6.17. The molecule has 136 valence electrons. The minimum absolute atomic E-state index is 0.352. The number of esters is 1. The van der Waals surface area contributed by atoms with Gasteiger partial charge in [0.25, 0.3) is 0 Å². The van der Waals surface area contributed by atoms with Crippen LogP contribution in [0.15, 0.2) is 42.6 Å². The molecule has 0 aliphatic carbocycles. The van der Waals surface area contributed by atoms with Crippen LogP contribution in [-0.2, 0) is 11.2 Å². The molecule has 0 spiro atoms. The first-order valence-electron chi connectivity index (χ1n) is 8.90. The topological polar surface area (TPSA) is 64.2 Å². The molecule has 0 N–H and O–H groups in total. The quantitative estimate of drug-likeness (QED) is 0.636. The maximum atomic E-state index is 12.2. The van der Waals surface area contributed by atoms with Crippen molar-refractivity contribution >= 4 is 16.9 Å². The van der Waals surface area contributed by atoms with E-state index in [1.54, 1.807) is 12.1 Å². The van der Waals surface area contributed by atoms with Crippen LogP contribution in [0.3, 0.4) is 0 Å². The number of nitrogens with zero attached hydrogens (tertiary/aromatic N) is 2. The molecule has 2 heterocycles. The Morgan fingerprint density at radius 1 is 1.22 bits per heavy atom. The first-order chi connectivity index (χ1) is 12.9. The van der Waals surface area contributed by atoms with Gasteiger partial charge in [0.2, 0.25) is 0 Å². The number of fused-ring (bicyclic) bond motifs is 2. The molecule has 0 bridgehead atoms. The van der Waals surface area contributed by atoms with Crippen molar-refractivity contribution in [2.75, 3.05) is 6.61 Å². The number of hydrogen-bond donors (Lipinski definition) is 0. The Labute approximate surface area is 157 Å². The molecule has 1 aromatic heterocycles. The predicted molar refractivity (Wildman–Crippen MR) is 102 cm³/mol.